The van der Waals surface area contributed by atoms with Crippen molar-refractivity contribution >= 4 is 11.9 Å². The van der Waals surface area contributed by atoms with Gasteiger partial charge in [-0.3, -0.25) is 9.59 Å². The van der Waals surface area contributed by atoms with Crippen LogP contribution in [0, 0.1) is 5.92 Å². The summed E-state index contributed by atoms with van der Waals surface area (Å²) in [5.74, 6) is -2.97. The lowest BCUT2D eigenvalue weighted by Crippen LogP contribution is -2.28. The Morgan fingerprint density at radius 3 is 2.39 bits per heavy atom. The Kier molecular flexibility index (Phi) is 5.32. The van der Waals surface area contributed by atoms with Gasteiger partial charge in [0.05, 0.1) is 18.4 Å². The molecule has 0 saturated carbocycles. The number of benzene rings is 1. The molecule has 0 aliphatic heterocycles. The highest BCUT2D eigenvalue weighted by atomic mass is 16.5. The van der Waals surface area contributed by atoms with Gasteiger partial charge >= 0.3 is 11.9 Å². The van der Waals surface area contributed by atoms with Crippen LogP contribution in [0.15, 0.2) is 30.3 Å². The van der Waals surface area contributed by atoms with Crippen molar-refractivity contribution < 1.29 is 24.5 Å². The first-order valence-electron chi connectivity index (χ1n) is 5.61. The minimum absolute atomic E-state index is 0.103. The Balaban J connectivity index is 2.44. The maximum absolute atomic E-state index is 11.4. The lowest BCUT2D eigenvalue weighted by molar-refractivity contribution is -0.155. The molecule has 0 amide bonds. The number of rotatable bonds is 6. The minimum atomic E-state index is -1.21. The quantitative estimate of drug-likeness (QED) is 0.743. The van der Waals surface area contributed by atoms with Crippen molar-refractivity contribution in [2.45, 2.75) is 26.1 Å². The highest BCUT2D eigenvalue weighted by molar-refractivity contribution is 5.79. The lowest BCUT2D eigenvalue weighted by atomic mass is 10.0. The molecule has 0 aromatic heterocycles. The van der Waals surface area contributed by atoms with Crippen molar-refractivity contribution in [1.29, 1.82) is 0 Å². The van der Waals surface area contributed by atoms with Gasteiger partial charge in [-0.2, -0.15) is 0 Å². The van der Waals surface area contributed by atoms with E-state index < -0.39 is 24.0 Å². The number of carbonyl (C=O) groups is 2. The Morgan fingerprint density at radius 1 is 1.28 bits per heavy atom. The van der Waals surface area contributed by atoms with Crippen LogP contribution in [0.5, 0.6) is 0 Å². The SMILES string of the molecule is C[C@@H](O)[C@H](CC(=O)OCc1ccccc1)C(=O)O. The molecule has 0 radical (unpaired) electrons. The second-order valence-corrected chi connectivity index (χ2v) is 4.04. The molecule has 98 valence electrons. The fourth-order valence-corrected chi connectivity index (χ4v) is 1.44. The van der Waals surface area contributed by atoms with Crippen LogP contribution < -0.4 is 0 Å². The first-order valence-corrected chi connectivity index (χ1v) is 5.61. The fraction of sp³-hybridized carbons (Fsp3) is 0.385. The van der Waals surface area contributed by atoms with E-state index in [0.29, 0.717) is 0 Å². The smallest absolute Gasteiger partial charge is 0.309 e. The summed E-state index contributed by atoms with van der Waals surface area (Å²) in [6.45, 7) is 1.44. The zero-order chi connectivity index (χ0) is 13.5. The molecule has 0 heterocycles. The molecule has 18 heavy (non-hydrogen) atoms. The molecule has 5 heteroatoms. The van der Waals surface area contributed by atoms with E-state index >= 15 is 0 Å². The Bertz CT molecular complexity index is 399. The summed E-state index contributed by atoms with van der Waals surface area (Å²) in [5, 5.41) is 18.0. The van der Waals surface area contributed by atoms with Crippen molar-refractivity contribution in [2.75, 3.05) is 0 Å². The molecule has 1 aromatic rings. The van der Waals surface area contributed by atoms with Crippen molar-refractivity contribution in [2.24, 2.45) is 5.92 Å². The lowest BCUT2D eigenvalue weighted by Gasteiger charge is -2.14. The normalized spacial score (nSPS) is 13.7. The van der Waals surface area contributed by atoms with Gasteiger partial charge in [0.25, 0.3) is 0 Å². The predicted octanol–water partition coefficient (Wildman–Crippen LogP) is 1.20. The van der Waals surface area contributed by atoms with Crippen molar-refractivity contribution in [3.05, 3.63) is 35.9 Å². The Labute approximate surface area is 105 Å². The average molecular weight is 252 g/mol. The van der Waals surface area contributed by atoms with E-state index in [0.717, 1.165) is 5.56 Å². The zero-order valence-electron chi connectivity index (χ0n) is 10.1. The maximum Gasteiger partial charge on any atom is 0.309 e. The molecule has 2 atom stereocenters. The van der Waals surface area contributed by atoms with Crippen LogP contribution in [-0.4, -0.2) is 28.3 Å². The van der Waals surface area contributed by atoms with Gasteiger partial charge in [-0.15, -0.1) is 0 Å². The Hall–Kier alpha value is -1.88. The minimum Gasteiger partial charge on any atom is -0.481 e. The van der Waals surface area contributed by atoms with Gasteiger partial charge in [-0.05, 0) is 12.5 Å². The second kappa shape index (κ2) is 6.76. The molecule has 0 aliphatic rings. The number of hydrogen-bond donors (Lipinski definition) is 2. The first-order chi connectivity index (χ1) is 8.50. The number of ether oxygens (including phenoxy) is 1. The van der Waals surface area contributed by atoms with E-state index in [-0.39, 0.29) is 13.0 Å². The van der Waals surface area contributed by atoms with Gasteiger partial charge in [0.15, 0.2) is 0 Å². The monoisotopic (exact) mass is 252 g/mol. The maximum atomic E-state index is 11.4. The van der Waals surface area contributed by atoms with E-state index in [1.165, 1.54) is 6.92 Å². The average Bonchev–Trinajstić information content (AvgIpc) is 2.34. The van der Waals surface area contributed by atoms with Crippen molar-refractivity contribution in [3.8, 4) is 0 Å². The predicted molar refractivity (Wildman–Crippen MR) is 63.7 cm³/mol. The van der Waals surface area contributed by atoms with E-state index in [4.69, 9.17) is 9.84 Å². The van der Waals surface area contributed by atoms with Crippen LogP contribution >= 0.6 is 0 Å². The molecule has 2 N–H and O–H groups in total. The molecule has 0 aliphatic carbocycles. The molecule has 0 bridgehead atoms. The standard InChI is InChI=1S/C13H16O5/c1-9(14)11(13(16)17)7-12(15)18-8-10-5-3-2-4-6-10/h2-6,9,11,14H,7-8H2,1H3,(H,16,17)/t9-,11+/m1/s1. The van der Waals surface area contributed by atoms with Gasteiger partial charge in [0, 0.05) is 0 Å². The summed E-state index contributed by atoms with van der Waals surface area (Å²) in [4.78, 5) is 22.2. The van der Waals surface area contributed by atoms with E-state index in [2.05, 4.69) is 0 Å². The molecule has 0 saturated heterocycles. The van der Waals surface area contributed by atoms with Crippen molar-refractivity contribution in [1.82, 2.24) is 0 Å². The van der Waals surface area contributed by atoms with Crippen LogP contribution in [0.2, 0.25) is 0 Å². The zero-order valence-corrected chi connectivity index (χ0v) is 10.1. The summed E-state index contributed by atoms with van der Waals surface area (Å²) in [5.41, 5.74) is 0.828. The third kappa shape index (κ3) is 4.55. The molecule has 5 nitrogen and oxygen atoms in total. The molecule has 1 rings (SSSR count). The fourth-order valence-electron chi connectivity index (χ4n) is 1.44. The molecule has 0 fully saturated rings. The van der Waals surface area contributed by atoms with Crippen LogP contribution in [0.25, 0.3) is 0 Å². The van der Waals surface area contributed by atoms with E-state index in [1.54, 1.807) is 12.1 Å². The number of hydrogen-bond acceptors (Lipinski definition) is 4. The summed E-state index contributed by atoms with van der Waals surface area (Å²) in [6.07, 6.45) is -1.42. The molecular formula is C13H16O5. The third-order valence-electron chi connectivity index (χ3n) is 2.53. The van der Waals surface area contributed by atoms with E-state index in [9.17, 15) is 14.7 Å². The number of carboxylic acid groups (broad SMARTS) is 1. The summed E-state index contributed by atoms with van der Waals surface area (Å²) in [7, 11) is 0. The van der Waals surface area contributed by atoms with Crippen LogP contribution in [0.4, 0.5) is 0 Å². The van der Waals surface area contributed by atoms with Crippen LogP contribution in [-0.2, 0) is 20.9 Å². The number of carbonyl (C=O) groups excluding carboxylic acids is 1. The Morgan fingerprint density at radius 2 is 1.89 bits per heavy atom. The molecule has 1 aromatic carbocycles. The van der Waals surface area contributed by atoms with Gasteiger partial charge in [-0.25, -0.2) is 0 Å². The van der Waals surface area contributed by atoms with Gasteiger partial charge in [0.1, 0.15) is 6.61 Å². The third-order valence-corrected chi connectivity index (χ3v) is 2.53. The second-order valence-electron chi connectivity index (χ2n) is 4.04. The number of aliphatic carboxylic acids is 1. The summed E-state index contributed by atoms with van der Waals surface area (Å²) < 4.78 is 4.95. The number of carboxylic acids is 1. The summed E-state index contributed by atoms with van der Waals surface area (Å²) in [6, 6.07) is 9.09. The number of aliphatic hydroxyl groups is 1. The first kappa shape index (κ1) is 14.2. The van der Waals surface area contributed by atoms with Crippen molar-refractivity contribution in [3.63, 3.8) is 0 Å². The van der Waals surface area contributed by atoms with Gasteiger partial charge in [0.2, 0.25) is 0 Å². The summed E-state index contributed by atoms with van der Waals surface area (Å²) >= 11 is 0. The van der Waals surface area contributed by atoms with E-state index in [1.807, 2.05) is 18.2 Å². The molecular weight excluding hydrogens is 236 g/mol. The van der Waals surface area contributed by atoms with Crippen LogP contribution in [0.1, 0.15) is 18.9 Å². The topological polar surface area (TPSA) is 83.8 Å². The largest absolute Gasteiger partial charge is 0.481 e. The van der Waals surface area contributed by atoms with Gasteiger partial charge in [-0.1, -0.05) is 30.3 Å². The number of esters is 1. The van der Waals surface area contributed by atoms with Crippen LogP contribution in [0.3, 0.4) is 0 Å². The number of aliphatic hydroxyl groups excluding tert-OH is 1. The highest BCUT2D eigenvalue weighted by Crippen LogP contribution is 2.11. The van der Waals surface area contributed by atoms with Gasteiger partial charge < -0.3 is 14.9 Å². The molecule has 0 unspecified atom stereocenters. The molecule has 0 spiro atoms. The highest BCUT2D eigenvalue weighted by Gasteiger charge is 2.26.